The molecule has 1 atom stereocenters. The minimum Gasteiger partial charge on any atom is -0.493 e. The van der Waals surface area contributed by atoms with Gasteiger partial charge in [-0.3, -0.25) is 9.97 Å². The fourth-order valence-electron chi connectivity index (χ4n) is 3.31. The van der Waals surface area contributed by atoms with Crippen LogP contribution in [0.2, 0.25) is 0 Å². The number of aryl methyl sites for hydroxylation is 2. The van der Waals surface area contributed by atoms with E-state index in [1.165, 1.54) is 7.11 Å². The standard InChI is InChI=1S/C25H25N3O5/c1-15-9-24(25(28-16(15)2)17-5-4-7-26-12-17)33-21-6-8-27-20-11-23(32-14-18(30)13-29)22(31-3)10-19(20)21/h4-12,18,29-30H,13-14H2,1-3H3. The summed E-state index contributed by atoms with van der Waals surface area (Å²) in [5, 5.41) is 19.4. The summed E-state index contributed by atoms with van der Waals surface area (Å²) in [6.07, 6.45) is 4.13. The Labute approximate surface area is 191 Å². The van der Waals surface area contributed by atoms with Crippen LogP contribution >= 0.6 is 0 Å². The van der Waals surface area contributed by atoms with Crippen molar-refractivity contribution in [2.75, 3.05) is 20.3 Å². The van der Waals surface area contributed by atoms with E-state index in [0.717, 1.165) is 22.2 Å². The summed E-state index contributed by atoms with van der Waals surface area (Å²) in [7, 11) is 1.53. The molecule has 0 aliphatic heterocycles. The van der Waals surface area contributed by atoms with Crippen LogP contribution < -0.4 is 14.2 Å². The number of benzene rings is 1. The Kier molecular flexibility index (Phi) is 6.67. The normalized spacial score (nSPS) is 11.9. The summed E-state index contributed by atoms with van der Waals surface area (Å²) in [6, 6.07) is 11.0. The van der Waals surface area contributed by atoms with Crippen molar-refractivity contribution < 1.29 is 24.4 Å². The van der Waals surface area contributed by atoms with E-state index in [-0.39, 0.29) is 6.61 Å². The Bertz CT molecular complexity index is 1260. The summed E-state index contributed by atoms with van der Waals surface area (Å²) in [6.45, 7) is 3.48. The van der Waals surface area contributed by atoms with Crippen LogP contribution in [0.25, 0.3) is 22.2 Å². The fourth-order valence-corrected chi connectivity index (χ4v) is 3.31. The van der Waals surface area contributed by atoms with Gasteiger partial charge in [0.05, 0.1) is 19.2 Å². The van der Waals surface area contributed by atoms with E-state index in [1.807, 2.05) is 32.0 Å². The van der Waals surface area contributed by atoms with Gasteiger partial charge >= 0.3 is 0 Å². The molecular weight excluding hydrogens is 422 g/mol. The monoisotopic (exact) mass is 447 g/mol. The van der Waals surface area contributed by atoms with Gasteiger partial charge < -0.3 is 24.4 Å². The van der Waals surface area contributed by atoms with Gasteiger partial charge in [0.15, 0.2) is 17.2 Å². The average molecular weight is 447 g/mol. The predicted molar refractivity (Wildman–Crippen MR) is 124 cm³/mol. The summed E-state index contributed by atoms with van der Waals surface area (Å²) in [4.78, 5) is 13.4. The molecule has 0 radical (unpaired) electrons. The molecule has 0 aliphatic rings. The number of aromatic nitrogens is 3. The molecule has 4 rings (SSSR count). The molecule has 0 saturated heterocycles. The third kappa shape index (κ3) is 4.87. The van der Waals surface area contributed by atoms with Gasteiger partial charge in [-0.25, -0.2) is 4.98 Å². The van der Waals surface area contributed by atoms with Gasteiger partial charge in [0.25, 0.3) is 0 Å². The molecule has 8 heteroatoms. The van der Waals surface area contributed by atoms with E-state index < -0.39 is 12.7 Å². The fraction of sp³-hybridized carbons (Fsp3) is 0.240. The number of rotatable bonds is 8. The predicted octanol–water partition coefficient (Wildman–Crippen LogP) is 3.84. The van der Waals surface area contributed by atoms with Crippen molar-refractivity contribution in [2.24, 2.45) is 0 Å². The minimum atomic E-state index is -0.990. The van der Waals surface area contributed by atoms with Crippen molar-refractivity contribution in [1.29, 1.82) is 0 Å². The highest BCUT2D eigenvalue weighted by Crippen LogP contribution is 2.39. The van der Waals surface area contributed by atoms with Crippen LogP contribution in [0.3, 0.4) is 0 Å². The molecule has 170 valence electrons. The first-order valence-electron chi connectivity index (χ1n) is 10.4. The van der Waals surface area contributed by atoms with Crippen molar-refractivity contribution >= 4 is 10.9 Å². The molecule has 2 N–H and O–H groups in total. The van der Waals surface area contributed by atoms with Gasteiger partial charge in [-0.2, -0.15) is 0 Å². The number of nitrogens with zero attached hydrogens (tertiary/aromatic N) is 3. The molecule has 0 aliphatic carbocycles. The summed E-state index contributed by atoms with van der Waals surface area (Å²) < 4.78 is 17.5. The van der Waals surface area contributed by atoms with Crippen molar-refractivity contribution in [3.05, 3.63) is 66.2 Å². The molecule has 1 aromatic carbocycles. The lowest BCUT2D eigenvalue weighted by atomic mass is 10.1. The summed E-state index contributed by atoms with van der Waals surface area (Å²) in [5.74, 6) is 2.04. The second kappa shape index (κ2) is 9.81. The zero-order valence-electron chi connectivity index (χ0n) is 18.6. The second-order valence-corrected chi connectivity index (χ2v) is 7.56. The Morgan fingerprint density at radius 2 is 1.85 bits per heavy atom. The van der Waals surface area contributed by atoms with E-state index in [9.17, 15) is 5.11 Å². The molecule has 3 heterocycles. The average Bonchev–Trinajstić information content (AvgIpc) is 2.84. The van der Waals surface area contributed by atoms with E-state index in [2.05, 4.69) is 9.97 Å². The van der Waals surface area contributed by atoms with Crippen LogP contribution in [0, 0.1) is 13.8 Å². The van der Waals surface area contributed by atoms with Gasteiger partial charge in [-0.1, -0.05) is 0 Å². The Balaban J connectivity index is 1.76. The van der Waals surface area contributed by atoms with Crippen molar-refractivity contribution in [2.45, 2.75) is 20.0 Å². The highest BCUT2D eigenvalue weighted by Gasteiger charge is 2.16. The van der Waals surface area contributed by atoms with Crippen LogP contribution in [-0.2, 0) is 0 Å². The van der Waals surface area contributed by atoms with Gasteiger partial charge in [-0.05, 0) is 49.7 Å². The van der Waals surface area contributed by atoms with Gasteiger partial charge in [0.1, 0.15) is 24.2 Å². The van der Waals surface area contributed by atoms with E-state index >= 15 is 0 Å². The smallest absolute Gasteiger partial charge is 0.163 e. The molecule has 0 bridgehead atoms. The van der Waals surface area contributed by atoms with E-state index in [4.69, 9.17) is 24.3 Å². The topological polar surface area (TPSA) is 107 Å². The van der Waals surface area contributed by atoms with Crippen molar-refractivity contribution in [3.63, 3.8) is 0 Å². The number of fused-ring (bicyclic) bond motifs is 1. The Morgan fingerprint density at radius 1 is 1.00 bits per heavy atom. The highest BCUT2D eigenvalue weighted by atomic mass is 16.5. The Hall–Kier alpha value is -3.75. The number of hydrogen-bond acceptors (Lipinski definition) is 8. The molecule has 0 fully saturated rings. The maximum atomic E-state index is 9.60. The van der Waals surface area contributed by atoms with Gasteiger partial charge in [-0.15, -0.1) is 0 Å². The molecule has 8 nitrogen and oxygen atoms in total. The molecule has 33 heavy (non-hydrogen) atoms. The number of aliphatic hydroxyl groups excluding tert-OH is 2. The van der Waals surface area contributed by atoms with Gasteiger partial charge in [0.2, 0.25) is 0 Å². The SMILES string of the molecule is COc1cc2c(Oc3cc(C)c(C)nc3-c3cccnc3)ccnc2cc1OCC(O)CO. The van der Waals surface area contributed by atoms with E-state index in [0.29, 0.717) is 34.2 Å². The third-order valence-electron chi connectivity index (χ3n) is 5.22. The first-order chi connectivity index (χ1) is 16.0. The summed E-state index contributed by atoms with van der Waals surface area (Å²) >= 11 is 0. The first-order valence-corrected chi connectivity index (χ1v) is 10.4. The highest BCUT2D eigenvalue weighted by molar-refractivity contribution is 5.88. The molecule has 0 amide bonds. The Morgan fingerprint density at radius 3 is 2.58 bits per heavy atom. The van der Waals surface area contributed by atoms with Crippen LogP contribution in [0.1, 0.15) is 11.3 Å². The lowest BCUT2D eigenvalue weighted by molar-refractivity contribution is 0.0528. The lowest BCUT2D eigenvalue weighted by Crippen LogP contribution is -2.21. The zero-order valence-corrected chi connectivity index (χ0v) is 18.6. The number of hydrogen-bond donors (Lipinski definition) is 2. The van der Waals surface area contributed by atoms with Gasteiger partial charge in [0, 0.05) is 41.3 Å². The minimum absolute atomic E-state index is 0.0721. The summed E-state index contributed by atoms with van der Waals surface area (Å²) in [5.41, 5.74) is 4.09. The molecule has 1 unspecified atom stereocenters. The van der Waals surface area contributed by atoms with Crippen molar-refractivity contribution in [3.8, 4) is 34.3 Å². The van der Waals surface area contributed by atoms with E-state index in [1.54, 1.807) is 36.8 Å². The molecule has 0 spiro atoms. The number of pyridine rings is 3. The lowest BCUT2D eigenvalue weighted by Gasteiger charge is -2.16. The quantitative estimate of drug-likeness (QED) is 0.420. The molecular formula is C25H25N3O5. The number of ether oxygens (including phenoxy) is 3. The maximum Gasteiger partial charge on any atom is 0.163 e. The van der Waals surface area contributed by atoms with Crippen LogP contribution in [0.4, 0.5) is 0 Å². The maximum absolute atomic E-state index is 9.60. The third-order valence-corrected chi connectivity index (χ3v) is 5.22. The second-order valence-electron chi connectivity index (χ2n) is 7.56. The van der Waals surface area contributed by atoms with Crippen LogP contribution in [-0.4, -0.2) is 51.6 Å². The molecule has 4 aromatic rings. The first kappa shape index (κ1) is 22.4. The van der Waals surface area contributed by atoms with Crippen LogP contribution in [0.5, 0.6) is 23.0 Å². The zero-order chi connectivity index (χ0) is 23.4. The number of aliphatic hydroxyl groups is 2. The number of methoxy groups -OCH3 is 1. The largest absolute Gasteiger partial charge is 0.493 e. The van der Waals surface area contributed by atoms with Crippen LogP contribution in [0.15, 0.2) is 55.0 Å². The molecule has 0 saturated carbocycles. The van der Waals surface area contributed by atoms with Crippen molar-refractivity contribution in [1.82, 2.24) is 15.0 Å². The molecule has 3 aromatic heterocycles.